The Bertz CT molecular complexity index is 582. The largest absolute Gasteiger partial charge is 0.481 e. The number of benzene rings is 1. The SMILES string of the molecule is O=C(C[C@H](C(=O)O)[C@H]1CCCO1)Nc1cccc(C(F)(F)F)c1. The number of carbonyl (C=O) groups is 2. The van der Waals surface area contributed by atoms with E-state index in [-0.39, 0.29) is 12.1 Å². The van der Waals surface area contributed by atoms with Gasteiger partial charge in [-0.15, -0.1) is 0 Å². The van der Waals surface area contributed by atoms with Gasteiger partial charge in [0.1, 0.15) is 0 Å². The predicted molar refractivity (Wildman–Crippen MR) is 74.8 cm³/mol. The van der Waals surface area contributed by atoms with Crippen LogP contribution in [0.3, 0.4) is 0 Å². The fourth-order valence-electron chi connectivity index (χ4n) is 2.48. The molecule has 0 unspecified atom stereocenters. The van der Waals surface area contributed by atoms with Crippen LogP contribution in [0.2, 0.25) is 0 Å². The maximum Gasteiger partial charge on any atom is 0.416 e. The Balaban J connectivity index is 2.02. The highest BCUT2D eigenvalue weighted by Gasteiger charge is 2.34. The van der Waals surface area contributed by atoms with Gasteiger partial charge in [-0.05, 0) is 31.0 Å². The minimum Gasteiger partial charge on any atom is -0.481 e. The van der Waals surface area contributed by atoms with Gasteiger partial charge in [-0.2, -0.15) is 13.2 Å². The normalized spacial score (nSPS) is 19.3. The van der Waals surface area contributed by atoms with E-state index in [1.807, 2.05) is 0 Å². The molecule has 1 amide bonds. The van der Waals surface area contributed by atoms with Crippen molar-refractivity contribution < 1.29 is 32.6 Å². The summed E-state index contributed by atoms with van der Waals surface area (Å²) < 4.78 is 43.1. The van der Waals surface area contributed by atoms with Crippen LogP contribution in [0.25, 0.3) is 0 Å². The van der Waals surface area contributed by atoms with Crippen LogP contribution in [0.4, 0.5) is 18.9 Å². The van der Waals surface area contributed by atoms with Gasteiger partial charge in [-0.25, -0.2) is 0 Å². The summed E-state index contributed by atoms with van der Waals surface area (Å²) >= 11 is 0. The Morgan fingerprint density at radius 2 is 2.13 bits per heavy atom. The van der Waals surface area contributed by atoms with E-state index in [4.69, 9.17) is 4.74 Å². The van der Waals surface area contributed by atoms with Crippen molar-refractivity contribution in [3.63, 3.8) is 0 Å². The summed E-state index contributed by atoms with van der Waals surface area (Å²) in [5, 5.41) is 11.5. The Labute approximate surface area is 130 Å². The summed E-state index contributed by atoms with van der Waals surface area (Å²) in [6.07, 6.45) is -4.13. The quantitative estimate of drug-likeness (QED) is 0.870. The Morgan fingerprint density at radius 3 is 2.70 bits per heavy atom. The molecule has 0 aliphatic carbocycles. The number of carboxylic acid groups (broad SMARTS) is 1. The number of nitrogens with one attached hydrogen (secondary N) is 1. The topological polar surface area (TPSA) is 75.6 Å². The number of aliphatic carboxylic acids is 1. The summed E-state index contributed by atoms with van der Waals surface area (Å²) in [4.78, 5) is 23.2. The Kier molecular flexibility index (Phi) is 5.25. The van der Waals surface area contributed by atoms with Crippen molar-refractivity contribution in [2.75, 3.05) is 11.9 Å². The summed E-state index contributed by atoms with van der Waals surface area (Å²) in [6, 6.07) is 4.18. The van der Waals surface area contributed by atoms with E-state index in [2.05, 4.69) is 5.32 Å². The molecule has 1 fully saturated rings. The highest BCUT2D eigenvalue weighted by Crippen LogP contribution is 2.31. The first-order chi connectivity index (χ1) is 10.8. The van der Waals surface area contributed by atoms with Gasteiger partial charge in [0.25, 0.3) is 0 Å². The van der Waals surface area contributed by atoms with Crippen LogP contribution in [-0.2, 0) is 20.5 Å². The first-order valence-electron chi connectivity index (χ1n) is 7.09. The van der Waals surface area contributed by atoms with Gasteiger partial charge in [0.15, 0.2) is 0 Å². The van der Waals surface area contributed by atoms with Crippen LogP contribution in [-0.4, -0.2) is 29.7 Å². The zero-order valence-corrected chi connectivity index (χ0v) is 12.1. The molecule has 126 valence electrons. The average molecular weight is 331 g/mol. The van der Waals surface area contributed by atoms with E-state index in [0.29, 0.717) is 13.0 Å². The number of hydrogen-bond acceptors (Lipinski definition) is 3. The molecule has 1 saturated heterocycles. The van der Waals surface area contributed by atoms with E-state index in [0.717, 1.165) is 18.6 Å². The Hall–Kier alpha value is -2.09. The van der Waals surface area contributed by atoms with Gasteiger partial charge in [0.05, 0.1) is 17.6 Å². The van der Waals surface area contributed by atoms with Gasteiger partial charge in [0.2, 0.25) is 5.91 Å². The predicted octanol–water partition coefficient (Wildman–Crippen LogP) is 2.91. The summed E-state index contributed by atoms with van der Waals surface area (Å²) in [6.45, 7) is 0.448. The van der Waals surface area contributed by atoms with E-state index >= 15 is 0 Å². The lowest BCUT2D eigenvalue weighted by molar-refractivity contribution is -0.148. The van der Waals surface area contributed by atoms with Gasteiger partial charge < -0.3 is 15.2 Å². The number of carboxylic acids is 1. The van der Waals surface area contributed by atoms with Gasteiger partial charge in [0, 0.05) is 18.7 Å². The molecule has 0 radical (unpaired) electrons. The van der Waals surface area contributed by atoms with Crippen molar-refractivity contribution in [3.8, 4) is 0 Å². The first kappa shape index (κ1) is 17.3. The van der Waals surface area contributed by atoms with Crippen LogP contribution in [0.15, 0.2) is 24.3 Å². The number of rotatable bonds is 5. The Morgan fingerprint density at radius 1 is 1.39 bits per heavy atom. The lowest BCUT2D eigenvalue weighted by Gasteiger charge is -2.18. The van der Waals surface area contributed by atoms with E-state index < -0.39 is 35.6 Å². The van der Waals surface area contributed by atoms with Crippen LogP contribution >= 0.6 is 0 Å². The first-order valence-corrected chi connectivity index (χ1v) is 7.09. The highest BCUT2D eigenvalue weighted by atomic mass is 19.4. The molecule has 5 nitrogen and oxygen atoms in total. The molecule has 0 saturated carbocycles. The number of amides is 1. The second-order valence-electron chi connectivity index (χ2n) is 5.33. The smallest absolute Gasteiger partial charge is 0.416 e. The van der Waals surface area contributed by atoms with Crippen LogP contribution in [0.1, 0.15) is 24.8 Å². The number of anilines is 1. The summed E-state index contributed by atoms with van der Waals surface area (Å²) in [5.74, 6) is -2.83. The minimum atomic E-state index is -4.51. The van der Waals surface area contributed by atoms with E-state index in [1.165, 1.54) is 12.1 Å². The molecule has 2 N–H and O–H groups in total. The molecule has 0 aromatic heterocycles. The zero-order chi connectivity index (χ0) is 17.0. The number of carbonyl (C=O) groups excluding carboxylic acids is 1. The third kappa shape index (κ3) is 4.69. The lowest BCUT2D eigenvalue weighted by Crippen LogP contribution is -2.31. The fourth-order valence-corrected chi connectivity index (χ4v) is 2.48. The van der Waals surface area contributed by atoms with Crippen molar-refractivity contribution in [2.45, 2.75) is 31.5 Å². The lowest BCUT2D eigenvalue weighted by atomic mass is 9.96. The van der Waals surface area contributed by atoms with Gasteiger partial charge in [-0.3, -0.25) is 9.59 Å². The zero-order valence-electron chi connectivity index (χ0n) is 12.1. The molecule has 0 spiro atoms. The van der Waals surface area contributed by atoms with E-state index in [1.54, 1.807) is 0 Å². The third-order valence-corrected chi connectivity index (χ3v) is 3.61. The molecule has 8 heteroatoms. The third-order valence-electron chi connectivity index (χ3n) is 3.61. The fraction of sp³-hybridized carbons (Fsp3) is 0.467. The number of hydrogen-bond donors (Lipinski definition) is 2. The minimum absolute atomic E-state index is 0.0266. The molecular formula is C15H16F3NO4. The standard InChI is InChI=1S/C15H16F3NO4/c16-15(17,18)9-3-1-4-10(7-9)19-13(20)8-11(14(21)22)12-5-2-6-23-12/h1,3-4,7,11-12H,2,5-6,8H2,(H,19,20)(H,21,22)/t11-,12+/m0/s1. The van der Waals surface area contributed by atoms with Crippen molar-refractivity contribution in [3.05, 3.63) is 29.8 Å². The molecule has 23 heavy (non-hydrogen) atoms. The second-order valence-corrected chi connectivity index (χ2v) is 5.33. The average Bonchev–Trinajstić information content (AvgIpc) is 2.97. The molecule has 1 aliphatic heterocycles. The summed E-state index contributed by atoms with van der Waals surface area (Å²) in [5.41, 5.74) is -0.912. The van der Waals surface area contributed by atoms with Gasteiger partial charge >= 0.3 is 12.1 Å². The summed E-state index contributed by atoms with van der Waals surface area (Å²) in [7, 11) is 0. The molecule has 2 rings (SSSR count). The number of ether oxygens (including phenoxy) is 1. The van der Waals surface area contributed by atoms with Crippen molar-refractivity contribution >= 4 is 17.6 Å². The molecular weight excluding hydrogens is 315 g/mol. The second kappa shape index (κ2) is 6.99. The molecule has 0 bridgehead atoms. The highest BCUT2D eigenvalue weighted by molar-refractivity contribution is 5.93. The maximum absolute atomic E-state index is 12.6. The monoisotopic (exact) mass is 331 g/mol. The van der Waals surface area contributed by atoms with Gasteiger partial charge in [-0.1, -0.05) is 6.07 Å². The molecule has 1 heterocycles. The van der Waals surface area contributed by atoms with Crippen LogP contribution in [0, 0.1) is 5.92 Å². The molecule has 2 atom stereocenters. The molecule has 1 aromatic rings. The number of halogens is 3. The molecule has 1 aliphatic rings. The number of alkyl halides is 3. The molecule has 1 aromatic carbocycles. The van der Waals surface area contributed by atoms with Crippen LogP contribution < -0.4 is 5.32 Å². The van der Waals surface area contributed by atoms with Crippen LogP contribution in [0.5, 0.6) is 0 Å². The van der Waals surface area contributed by atoms with Crippen molar-refractivity contribution in [1.29, 1.82) is 0 Å². The van der Waals surface area contributed by atoms with Crippen molar-refractivity contribution in [2.24, 2.45) is 5.92 Å². The van der Waals surface area contributed by atoms with Crippen molar-refractivity contribution in [1.82, 2.24) is 0 Å². The van der Waals surface area contributed by atoms with E-state index in [9.17, 15) is 27.9 Å². The maximum atomic E-state index is 12.6.